The van der Waals surface area contributed by atoms with Gasteiger partial charge >= 0.3 is 0 Å². The van der Waals surface area contributed by atoms with Crippen molar-refractivity contribution in [2.75, 3.05) is 11.4 Å². The summed E-state index contributed by atoms with van der Waals surface area (Å²) in [5.74, 6) is 0.475. The molecule has 5 heteroatoms. The van der Waals surface area contributed by atoms with Crippen molar-refractivity contribution in [1.82, 2.24) is 4.98 Å². The molecule has 2 N–H and O–H groups in total. The van der Waals surface area contributed by atoms with Gasteiger partial charge in [-0.2, -0.15) is 0 Å². The predicted molar refractivity (Wildman–Crippen MR) is 121 cm³/mol. The highest BCUT2D eigenvalue weighted by Gasteiger charge is 2.32. The highest BCUT2D eigenvalue weighted by molar-refractivity contribution is 7.13. The first kappa shape index (κ1) is 17.6. The van der Waals surface area contributed by atoms with Crippen molar-refractivity contribution < 1.29 is 5.11 Å². The highest BCUT2D eigenvalue weighted by Crippen LogP contribution is 2.38. The Morgan fingerprint density at radius 1 is 0.966 bits per heavy atom. The van der Waals surface area contributed by atoms with Gasteiger partial charge in [0.05, 0.1) is 23.5 Å². The van der Waals surface area contributed by atoms with Crippen molar-refractivity contribution in [1.29, 1.82) is 5.41 Å². The van der Waals surface area contributed by atoms with Gasteiger partial charge in [0.25, 0.3) is 0 Å². The van der Waals surface area contributed by atoms with Crippen LogP contribution in [0.2, 0.25) is 0 Å². The summed E-state index contributed by atoms with van der Waals surface area (Å²) in [6.07, 6.45) is 0. The van der Waals surface area contributed by atoms with E-state index >= 15 is 0 Å². The second kappa shape index (κ2) is 6.87. The zero-order chi connectivity index (χ0) is 20.0. The molecule has 0 radical (unpaired) electrons. The average molecular weight is 398 g/mol. The molecule has 5 rings (SSSR count). The van der Waals surface area contributed by atoms with Crippen LogP contribution >= 0.6 is 11.3 Å². The van der Waals surface area contributed by atoms with Gasteiger partial charge in [-0.25, -0.2) is 4.98 Å². The average Bonchev–Trinajstić information content (AvgIpc) is 3.27. The number of rotatable bonds is 3. The third-order valence-corrected chi connectivity index (χ3v) is 6.21. The van der Waals surface area contributed by atoms with Gasteiger partial charge in [-0.05, 0) is 18.4 Å². The van der Waals surface area contributed by atoms with Gasteiger partial charge < -0.3 is 10.0 Å². The Bertz CT molecular complexity index is 1270. The maximum atomic E-state index is 10.8. The lowest BCUT2D eigenvalue weighted by molar-refractivity contribution is 0.411. The Kier molecular flexibility index (Phi) is 4.18. The topological polar surface area (TPSA) is 60.2 Å². The van der Waals surface area contributed by atoms with Crippen molar-refractivity contribution >= 4 is 39.2 Å². The van der Waals surface area contributed by atoms with E-state index in [1.807, 2.05) is 72.5 Å². The van der Waals surface area contributed by atoms with Crippen LogP contribution in [0.25, 0.3) is 27.6 Å². The molecule has 0 aliphatic carbocycles. The van der Waals surface area contributed by atoms with Crippen molar-refractivity contribution in [2.24, 2.45) is 0 Å². The molecule has 0 bridgehead atoms. The van der Waals surface area contributed by atoms with Crippen molar-refractivity contribution in [3.8, 4) is 11.3 Å². The fourth-order valence-corrected chi connectivity index (χ4v) is 4.82. The molecule has 4 aromatic rings. The number of benzene rings is 3. The molecule has 3 aromatic carbocycles. The fourth-order valence-electron chi connectivity index (χ4n) is 3.82. The smallest absolute Gasteiger partial charge is 0.139 e. The third kappa shape index (κ3) is 2.91. The minimum absolute atomic E-state index is 0.191. The minimum atomic E-state index is 0.191. The van der Waals surface area contributed by atoms with Crippen LogP contribution in [0.15, 0.2) is 78.6 Å². The molecule has 1 aromatic heterocycles. The summed E-state index contributed by atoms with van der Waals surface area (Å²) in [4.78, 5) is 7.71. The number of aryl methyl sites for hydroxylation is 1. The van der Waals surface area contributed by atoms with Gasteiger partial charge in [0.15, 0.2) is 0 Å². The summed E-state index contributed by atoms with van der Waals surface area (Å²) in [7, 11) is 0. The second-order valence-corrected chi connectivity index (χ2v) is 8.25. The van der Waals surface area contributed by atoms with Crippen molar-refractivity contribution in [3.63, 3.8) is 0 Å². The molecular formula is C24H19N3OS. The summed E-state index contributed by atoms with van der Waals surface area (Å²) in [5.41, 5.74) is 3.39. The Morgan fingerprint density at radius 3 is 2.52 bits per heavy atom. The molecule has 0 atom stereocenters. The number of aliphatic hydroxyl groups excluding tert-OH is 1. The van der Waals surface area contributed by atoms with Crippen LogP contribution < -0.4 is 4.90 Å². The standard InChI is InChI=1S/C24H19N3OS/c1-15-22(17-9-3-2-4-10-17)26-24(29-15)21-20(28)14-27(23(21)25)19-13-7-11-16-8-5-6-12-18(16)19/h2-13,25,28H,14H2,1H3. The lowest BCUT2D eigenvalue weighted by Gasteiger charge is -2.20. The Balaban J connectivity index is 1.55. The molecule has 4 nitrogen and oxygen atoms in total. The van der Waals surface area contributed by atoms with Gasteiger partial charge in [0.2, 0.25) is 0 Å². The van der Waals surface area contributed by atoms with Crippen LogP contribution in [0.3, 0.4) is 0 Å². The van der Waals surface area contributed by atoms with E-state index in [2.05, 4.69) is 12.1 Å². The van der Waals surface area contributed by atoms with Crippen LogP contribution in [0.5, 0.6) is 0 Å². The lowest BCUT2D eigenvalue weighted by atomic mass is 10.1. The van der Waals surface area contributed by atoms with Gasteiger partial charge in [-0.1, -0.05) is 66.7 Å². The fraction of sp³-hybridized carbons (Fsp3) is 0.0833. The molecule has 0 amide bonds. The van der Waals surface area contributed by atoms with E-state index in [-0.39, 0.29) is 18.1 Å². The number of aliphatic hydroxyl groups is 1. The molecule has 1 aliphatic heterocycles. The lowest BCUT2D eigenvalue weighted by Crippen LogP contribution is -2.26. The Labute approximate surface area is 172 Å². The molecular weight excluding hydrogens is 378 g/mol. The second-order valence-electron chi connectivity index (χ2n) is 7.04. The van der Waals surface area contributed by atoms with Crippen LogP contribution in [-0.4, -0.2) is 22.5 Å². The van der Waals surface area contributed by atoms with Gasteiger partial charge in [-0.3, -0.25) is 5.41 Å². The summed E-state index contributed by atoms with van der Waals surface area (Å²) >= 11 is 1.52. The summed E-state index contributed by atoms with van der Waals surface area (Å²) < 4.78 is 0. The van der Waals surface area contributed by atoms with E-state index in [1.54, 1.807) is 0 Å². The minimum Gasteiger partial charge on any atom is -0.510 e. The van der Waals surface area contributed by atoms with Crippen LogP contribution in [0.1, 0.15) is 9.88 Å². The number of hydrogen-bond donors (Lipinski definition) is 2. The molecule has 0 spiro atoms. The summed E-state index contributed by atoms with van der Waals surface area (Å²) in [6, 6.07) is 24.2. The van der Waals surface area contributed by atoms with E-state index in [0.29, 0.717) is 10.6 Å². The quantitative estimate of drug-likeness (QED) is 0.443. The zero-order valence-electron chi connectivity index (χ0n) is 15.9. The SMILES string of the molecule is Cc1sc(C2=C(O)CN(c3cccc4ccccc34)C2=N)nc1-c1ccccc1. The van der Waals surface area contributed by atoms with E-state index in [1.165, 1.54) is 11.3 Å². The molecule has 0 saturated carbocycles. The molecule has 0 saturated heterocycles. The Morgan fingerprint density at radius 2 is 1.69 bits per heavy atom. The number of amidine groups is 1. The molecule has 1 aliphatic rings. The number of nitrogens with zero attached hydrogens (tertiary/aromatic N) is 2. The Hall–Kier alpha value is -3.44. The monoisotopic (exact) mass is 397 g/mol. The van der Waals surface area contributed by atoms with Gasteiger partial charge in [-0.15, -0.1) is 11.3 Å². The van der Waals surface area contributed by atoms with E-state index in [0.717, 1.165) is 32.6 Å². The van der Waals surface area contributed by atoms with E-state index in [9.17, 15) is 5.11 Å². The maximum Gasteiger partial charge on any atom is 0.139 e. The van der Waals surface area contributed by atoms with E-state index < -0.39 is 0 Å². The molecule has 0 unspecified atom stereocenters. The van der Waals surface area contributed by atoms with Gasteiger partial charge in [0, 0.05) is 15.8 Å². The highest BCUT2D eigenvalue weighted by atomic mass is 32.1. The third-order valence-electron chi connectivity index (χ3n) is 5.22. The van der Waals surface area contributed by atoms with Crippen molar-refractivity contribution in [3.05, 3.63) is 88.4 Å². The molecule has 142 valence electrons. The zero-order valence-corrected chi connectivity index (χ0v) is 16.7. The first-order valence-corrected chi connectivity index (χ1v) is 10.2. The first-order chi connectivity index (χ1) is 14.1. The van der Waals surface area contributed by atoms with Crippen molar-refractivity contribution in [2.45, 2.75) is 6.92 Å². The number of fused-ring (bicyclic) bond motifs is 1. The molecule has 29 heavy (non-hydrogen) atoms. The molecule has 2 heterocycles. The summed E-state index contributed by atoms with van der Waals surface area (Å²) in [5, 5.41) is 22.4. The van der Waals surface area contributed by atoms with Crippen LogP contribution in [0.4, 0.5) is 5.69 Å². The van der Waals surface area contributed by atoms with Crippen LogP contribution in [-0.2, 0) is 0 Å². The number of aromatic nitrogens is 1. The van der Waals surface area contributed by atoms with E-state index in [4.69, 9.17) is 10.4 Å². The normalized spacial score (nSPS) is 14.2. The predicted octanol–water partition coefficient (Wildman–Crippen LogP) is 6.04. The largest absolute Gasteiger partial charge is 0.510 e. The number of nitrogens with one attached hydrogen (secondary N) is 1. The molecule has 0 fully saturated rings. The number of anilines is 1. The summed E-state index contributed by atoms with van der Waals surface area (Å²) in [6.45, 7) is 2.31. The number of thiazole rings is 1. The maximum absolute atomic E-state index is 10.8. The first-order valence-electron chi connectivity index (χ1n) is 9.43. The number of hydrogen-bond acceptors (Lipinski definition) is 4. The van der Waals surface area contributed by atoms with Gasteiger partial charge in [0.1, 0.15) is 16.6 Å². The van der Waals surface area contributed by atoms with Crippen LogP contribution in [0, 0.1) is 12.3 Å².